The third-order valence-electron chi connectivity index (χ3n) is 8.74. The monoisotopic (exact) mass is 643 g/mol. The highest BCUT2D eigenvalue weighted by atomic mass is 16.5. The van der Waals surface area contributed by atoms with Crippen LogP contribution >= 0.6 is 0 Å². The Kier molecular flexibility index (Phi) is 12.9. The Morgan fingerprint density at radius 2 is 1.53 bits per heavy atom. The van der Waals surface area contributed by atoms with E-state index in [2.05, 4.69) is 48.3 Å². The van der Waals surface area contributed by atoms with Crippen LogP contribution in [0.2, 0.25) is 0 Å². The third kappa shape index (κ3) is 9.46. The molecule has 1 aliphatic rings. The molecule has 4 unspecified atom stereocenters. The lowest BCUT2D eigenvalue weighted by Gasteiger charge is -2.42. The molecule has 1 aliphatic heterocycles. The number of methoxy groups -OCH3 is 2. The maximum absolute atomic E-state index is 10.3. The number of piperidine rings is 1. The molecule has 0 aromatic heterocycles. The van der Waals surface area contributed by atoms with Crippen molar-refractivity contribution in [3.8, 4) is 17.2 Å². The van der Waals surface area contributed by atoms with Gasteiger partial charge in [0.25, 0.3) is 0 Å². The van der Waals surface area contributed by atoms with Crippen LogP contribution < -0.4 is 14.2 Å². The first kappa shape index (κ1) is 34.7. The molecule has 47 heavy (non-hydrogen) atoms. The van der Waals surface area contributed by atoms with Gasteiger partial charge in [-0.1, -0.05) is 61.5 Å². The molecule has 4 aromatic carbocycles. The first-order valence-corrected chi connectivity index (χ1v) is 16.6. The van der Waals surface area contributed by atoms with Gasteiger partial charge in [-0.2, -0.15) is 0 Å². The fourth-order valence-electron chi connectivity index (χ4n) is 6.18. The van der Waals surface area contributed by atoms with Crippen LogP contribution in [0, 0.1) is 0 Å². The number of ether oxygens (including phenoxy) is 6. The number of likely N-dealkylation sites (tertiary alicyclic amines) is 1. The summed E-state index contributed by atoms with van der Waals surface area (Å²) >= 11 is 0. The quantitative estimate of drug-likeness (QED) is 0.129. The summed E-state index contributed by atoms with van der Waals surface area (Å²) in [4.78, 5) is 2.25. The van der Waals surface area contributed by atoms with E-state index in [-0.39, 0.29) is 18.1 Å². The van der Waals surface area contributed by atoms with Crippen LogP contribution in [0.5, 0.6) is 17.2 Å². The zero-order chi connectivity index (χ0) is 33.0. The number of para-hydroxylation sites is 1. The second-order valence-corrected chi connectivity index (χ2v) is 12.2. The molecule has 1 saturated heterocycles. The molecule has 0 spiro atoms. The Bertz CT molecular complexity index is 1530. The van der Waals surface area contributed by atoms with Gasteiger partial charge in [-0.05, 0) is 60.3 Å². The molecule has 8 nitrogen and oxygen atoms in total. The summed E-state index contributed by atoms with van der Waals surface area (Å²) in [6, 6.07) is 28.6. The van der Waals surface area contributed by atoms with E-state index in [1.165, 1.54) is 0 Å². The lowest BCUT2D eigenvalue weighted by molar-refractivity contribution is -0.103. The van der Waals surface area contributed by atoms with Crippen molar-refractivity contribution >= 4 is 10.8 Å². The number of benzene rings is 4. The molecule has 4 atom stereocenters. The van der Waals surface area contributed by atoms with Crippen LogP contribution in [-0.4, -0.2) is 82.5 Å². The van der Waals surface area contributed by atoms with Crippen molar-refractivity contribution in [1.82, 2.24) is 4.90 Å². The Labute approximate surface area is 279 Å². The smallest absolute Gasteiger partial charge is 0.127 e. The molecule has 0 radical (unpaired) electrons. The van der Waals surface area contributed by atoms with Gasteiger partial charge < -0.3 is 38.4 Å². The highest BCUT2D eigenvalue weighted by Crippen LogP contribution is 2.35. The number of hydrogen-bond donors (Lipinski definition) is 1. The van der Waals surface area contributed by atoms with Crippen LogP contribution in [0.4, 0.5) is 0 Å². The van der Waals surface area contributed by atoms with Crippen LogP contribution in [0.15, 0.2) is 84.9 Å². The van der Waals surface area contributed by atoms with Crippen LogP contribution in [0.25, 0.3) is 10.8 Å². The van der Waals surface area contributed by atoms with Crippen molar-refractivity contribution in [2.24, 2.45) is 0 Å². The molecule has 5 rings (SSSR count). The van der Waals surface area contributed by atoms with E-state index < -0.39 is 6.10 Å². The standard InChI is InChI=1S/C39H49NO7/c1-5-32(41)27-47-38-24-40(2)23-37(46-25-28-21-30-11-6-8-13-34(30)36(22-28)43-4)39(38)29-15-17-33(18-16-29)45-20-10-19-44-26-31-12-7-9-14-35(31)42-3/h6-9,11-18,21-22,32,37-39,41H,5,10,19-20,23-27H2,1-4H3. The Morgan fingerprint density at radius 3 is 2.30 bits per heavy atom. The van der Waals surface area contributed by atoms with Gasteiger partial charge in [-0.25, -0.2) is 0 Å². The molecule has 1 N–H and O–H groups in total. The van der Waals surface area contributed by atoms with Crippen LogP contribution in [0.3, 0.4) is 0 Å². The topological polar surface area (TPSA) is 78.9 Å². The van der Waals surface area contributed by atoms with Crippen molar-refractivity contribution in [3.63, 3.8) is 0 Å². The van der Waals surface area contributed by atoms with Gasteiger partial charge in [0, 0.05) is 36.4 Å². The van der Waals surface area contributed by atoms with Gasteiger partial charge in [0.2, 0.25) is 0 Å². The number of aliphatic hydroxyl groups excluding tert-OH is 1. The average Bonchev–Trinajstić information content (AvgIpc) is 3.11. The van der Waals surface area contributed by atoms with Crippen molar-refractivity contribution in [3.05, 3.63) is 102 Å². The normalized spacial score (nSPS) is 19.0. The summed E-state index contributed by atoms with van der Waals surface area (Å²) in [6.45, 7) is 5.87. The van der Waals surface area contributed by atoms with Crippen LogP contribution in [-0.2, 0) is 27.4 Å². The van der Waals surface area contributed by atoms with Gasteiger partial charge >= 0.3 is 0 Å². The fourth-order valence-corrected chi connectivity index (χ4v) is 6.18. The summed E-state index contributed by atoms with van der Waals surface area (Å²) in [7, 11) is 5.47. The molecule has 0 amide bonds. The minimum Gasteiger partial charge on any atom is -0.496 e. The van der Waals surface area contributed by atoms with Gasteiger partial charge in [-0.15, -0.1) is 0 Å². The average molecular weight is 644 g/mol. The predicted molar refractivity (Wildman–Crippen MR) is 185 cm³/mol. The van der Waals surface area contributed by atoms with E-state index in [1.54, 1.807) is 14.2 Å². The Morgan fingerprint density at radius 1 is 0.809 bits per heavy atom. The number of hydrogen-bond acceptors (Lipinski definition) is 8. The molecule has 252 valence electrons. The molecule has 1 fully saturated rings. The summed E-state index contributed by atoms with van der Waals surface area (Å²) in [5.41, 5.74) is 3.22. The predicted octanol–water partition coefficient (Wildman–Crippen LogP) is 6.61. The van der Waals surface area contributed by atoms with E-state index >= 15 is 0 Å². The summed E-state index contributed by atoms with van der Waals surface area (Å²) in [5.74, 6) is 2.47. The molecule has 0 bridgehead atoms. The van der Waals surface area contributed by atoms with Gasteiger partial charge in [0.05, 0.1) is 65.6 Å². The Hall–Kier alpha value is -3.66. The van der Waals surface area contributed by atoms with Crippen molar-refractivity contribution in [2.45, 2.75) is 57.2 Å². The zero-order valence-electron chi connectivity index (χ0n) is 28.1. The number of nitrogens with zero attached hydrogens (tertiary/aromatic N) is 1. The van der Waals surface area contributed by atoms with Gasteiger partial charge in [0.15, 0.2) is 0 Å². The van der Waals surface area contributed by atoms with Crippen molar-refractivity contribution in [2.75, 3.05) is 54.2 Å². The van der Waals surface area contributed by atoms with E-state index in [0.717, 1.165) is 64.2 Å². The number of rotatable bonds is 17. The minimum atomic E-state index is -0.498. The molecule has 8 heteroatoms. The maximum atomic E-state index is 10.3. The Balaban J connectivity index is 1.23. The molecule has 0 aliphatic carbocycles. The lowest BCUT2D eigenvalue weighted by Crippen LogP contribution is -2.51. The highest BCUT2D eigenvalue weighted by molar-refractivity contribution is 5.89. The summed E-state index contributed by atoms with van der Waals surface area (Å²) in [6.07, 6.45) is 0.660. The van der Waals surface area contributed by atoms with E-state index in [0.29, 0.717) is 39.5 Å². The SMILES string of the molecule is CCC(O)COC1CN(C)CC(OCc2cc(OC)c3ccccc3c2)C1c1ccc(OCCCOCc2ccccc2OC)cc1. The molecule has 4 aromatic rings. The first-order valence-electron chi connectivity index (χ1n) is 16.6. The molecular weight excluding hydrogens is 594 g/mol. The fraction of sp³-hybridized carbons (Fsp3) is 0.436. The third-order valence-corrected chi connectivity index (χ3v) is 8.74. The van der Waals surface area contributed by atoms with Crippen molar-refractivity contribution in [1.29, 1.82) is 0 Å². The van der Waals surface area contributed by atoms with Crippen LogP contribution in [0.1, 0.15) is 42.4 Å². The van der Waals surface area contributed by atoms with Gasteiger partial charge in [0.1, 0.15) is 17.2 Å². The number of fused-ring (bicyclic) bond motifs is 1. The second-order valence-electron chi connectivity index (χ2n) is 12.2. The summed E-state index contributed by atoms with van der Waals surface area (Å²) < 4.78 is 36.1. The van der Waals surface area contributed by atoms with E-state index in [9.17, 15) is 5.11 Å². The highest BCUT2D eigenvalue weighted by Gasteiger charge is 2.38. The molecular formula is C39H49NO7. The number of aliphatic hydroxyl groups is 1. The maximum Gasteiger partial charge on any atom is 0.127 e. The first-order chi connectivity index (χ1) is 23.0. The summed E-state index contributed by atoms with van der Waals surface area (Å²) in [5, 5.41) is 12.5. The van der Waals surface area contributed by atoms with Gasteiger partial charge in [-0.3, -0.25) is 0 Å². The molecule has 0 saturated carbocycles. The van der Waals surface area contributed by atoms with Crippen molar-refractivity contribution < 1.29 is 33.5 Å². The minimum absolute atomic E-state index is 0.0185. The second kappa shape index (κ2) is 17.5. The number of likely N-dealkylation sites (N-methyl/N-ethyl adjacent to an activating group) is 1. The molecule has 1 heterocycles. The van der Waals surface area contributed by atoms with E-state index in [1.807, 2.05) is 55.5 Å². The van der Waals surface area contributed by atoms with E-state index in [4.69, 9.17) is 28.4 Å². The lowest BCUT2D eigenvalue weighted by atomic mass is 9.84. The largest absolute Gasteiger partial charge is 0.496 e. The zero-order valence-corrected chi connectivity index (χ0v) is 28.1.